The highest BCUT2D eigenvalue weighted by Crippen LogP contribution is 2.13. The lowest BCUT2D eigenvalue weighted by atomic mass is 10.2. The van der Waals surface area contributed by atoms with Gasteiger partial charge in [0.15, 0.2) is 0 Å². The van der Waals surface area contributed by atoms with Gasteiger partial charge in [0.25, 0.3) is 0 Å². The van der Waals surface area contributed by atoms with Crippen LogP contribution in [0, 0.1) is 0 Å². The Morgan fingerprint density at radius 3 is 2.95 bits per heavy atom. The molecule has 2 fully saturated rings. The summed E-state index contributed by atoms with van der Waals surface area (Å²) in [5.74, 6) is -0.220. The fourth-order valence-electron chi connectivity index (χ4n) is 2.65. The summed E-state index contributed by atoms with van der Waals surface area (Å²) in [6, 6.07) is -0.292. The van der Waals surface area contributed by atoms with Crippen molar-refractivity contribution in [2.75, 3.05) is 59.7 Å². The highest BCUT2D eigenvalue weighted by atomic mass is 16.5. The fourth-order valence-corrected chi connectivity index (χ4v) is 2.65. The van der Waals surface area contributed by atoms with Crippen molar-refractivity contribution < 1.29 is 19.0 Å². The Labute approximate surface area is 114 Å². The maximum Gasteiger partial charge on any atom is 0.325 e. The molecule has 6 nitrogen and oxygen atoms in total. The molecule has 0 radical (unpaired) electrons. The number of carbonyl (C=O) groups is 1. The Balaban J connectivity index is 1.89. The lowest BCUT2D eigenvalue weighted by Gasteiger charge is -2.39. The summed E-state index contributed by atoms with van der Waals surface area (Å²) in [6.07, 6.45) is 0.166. The first-order valence-corrected chi connectivity index (χ1v) is 6.98. The molecule has 2 unspecified atom stereocenters. The van der Waals surface area contributed by atoms with E-state index in [1.807, 2.05) is 0 Å². The van der Waals surface area contributed by atoms with E-state index < -0.39 is 0 Å². The number of ether oxygens (including phenoxy) is 3. The first-order chi connectivity index (χ1) is 9.24. The molecule has 2 atom stereocenters. The van der Waals surface area contributed by atoms with Crippen LogP contribution in [-0.2, 0) is 19.0 Å². The molecule has 0 aromatic heterocycles. The zero-order valence-corrected chi connectivity index (χ0v) is 11.8. The lowest BCUT2D eigenvalue weighted by molar-refractivity contribution is -0.155. The SMILES string of the molecule is CCN1CCOC(CN2CCOCC2C(=O)OC)C1. The molecule has 0 aliphatic carbocycles. The van der Waals surface area contributed by atoms with Crippen molar-refractivity contribution in [3.8, 4) is 0 Å². The number of likely N-dealkylation sites (N-methyl/N-ethyl adjacent to an activating group) is 1. The van der Waals surface area contributed by atoms with Gasteiger partial charge in [0.1, 0.15) is 6.04 Å². The number of methoxy groups -OCH3 is 1. The summed E-state index contributed by atoms with van der Waals surface area (Å²) in [5, 5.41) is 0. The van der Waals surface area contributed by atoms with Gasteiger partial charge in [-0.1, -0.05) is 6.92 Å². The van der Waals surface area contributed by atoms with Crippen molar-refractivity contribution in [2.45, 2.75) is 19.1 Å². The smallest absolute Gasteiger partial charge is 0.325 e. The Morgan fingerprint density at radius 1 is 1.37 bits per heavy atom. The monoisotopic (exact) mass is 272 g/mol. The second kappa shape index (κ2) is 7.19. The molecule has 6 heteroatoms. The van der Waals surface area contributed by atoms with Gasteiger partial charge in [-0.2, -0.15) is 0 Å². The minimum atomic E-state index is -0.292. The van der Waals surface area contributed by atoms with Gasteiger partial charge >= 0.3 is 5.97 Å². The van der Waals surface area contributed by atoms with E-state index >= 15 is 0 Å². The summed E-state index contributed by atoms with van der Waals surface area (Å²) in [4.78, 5) is 16.2. The molecule has 0 spiro atoms. The third kappa shape index (κ3) is 3.89. The van der Waals surface area contributed by atoms with Crippen LogP contribution in [0.15, 0.2) is 0 Å². The second-order valence-electron chi connectivity index (χ2n) is 4.99. The maximum atomic E-state index is 11.7. The molecule has 0 aromatic carbocycles. The molecule has 0 saturated carbocycles. The number of carbonyl (C=O) groups excluding carboxylic acids is 1. The molecular formula is C13H24N2O4. The van der Waals surface area contributed by atoms with Crippen molar-refractivity contribution in [1.82, 2.24) is 9.80 Å². The Morgan fingerprint density at radius 2 is 2.21 bits per heavy atom. The fraction of sp³-hybridized carbons (Fsp3) is 0.923. The largest absolute Gasteiger partial charge is 0.468 e. The average molecular weight is 272 g/mol. The molecule has 2 aliphatic rings. The normalized spacial score (nSPS) is 30.2. The van der Waals surface area contributed by atoms with Gasteiger partial charge in [-0.15, -0.1) is 0 Å². The molecule has 2 heterocycles. The van der Waals surface area contributed by atoms with E-state index in [0.29, 0.717) is 13.2 Å². The molecular weight excluding hydrogens is 248 g/mol. The standard InChI is InChI=1S/C13H24N2O4/c1-3-14-4-7-19-11(8-14)9-15-5-6-18-10-12(15)13(16)17-2/h11-12H,3-10H2,1-2H3. The van der Waals surface area contributed by atoms with Crippen LogP contribution < -0.4 is 0 Å². The van der Waals surface area contributed by atoms with Crippen LogP contribution in [0.25, 0.3) is 0 Å². The van der Waals surface area contributed by atoms with Gasteiger partial charge in [-0.25, -0.2) is 0 Å². The summed E-state index contributed by atoms with van der Waals surface area (Å²) in [7, 11) is 1.42. The van der Waals surface area contributed by atoms with E-state index in [4.69, 9.17) is 14.2 Å². The molecule has 2 rings (SSSR count). The molecule has 0 N–H and O–H groups in total. The molecule has 2 saturated heterocycles. The molecule has 0 bridgehead atoms. The van der Waals surface area contributed by atoms with E-state index in [0.717, 1.165) is 39.3 Å². The summed E-state index contributed by atoms with van der Waals surface area (Å²) in [5.41, 5.74) is 0. The molecule has 110 valence electrons. The summed E-state index contributed by atoms with van der Waals surface area (Å²) < 4.78 is 16.0. The Bertz CT molecular complexity index is 300. The summed E-state index contributed by atoms with van der Waals surface area (Å²) in [6.45, 7) is 8.50. The first-order valence-electron chi connectivity index (χ1n) is 6.98. The van der Waals surface area contributed by atoms with Crippen molar-refractivity contribution in [2.24, 2.45) is 0 Å². The van der Waals surface area contributed by atoms with Crippen LogP contribution >= 0.6 is 0 Å². The molecule has 0 aromatic rings. The van der Waals surface area contributed by atoms with Crippen molar-refractivity contribution in [3.05, 3.63) is 0 Å². The van der Waals surface area contributed by atoms with Crippen LogP contribution in [-0.4, -0.2) is 87.6 Å². The van der Waals surface area contributed by atoms with Crippen LogP contribution in [0.1, 0.15) is 6.92 Å². The lowest BCUT2D eigenvalue weighted by Crippen LogP contribution is -2.55. The highest BCUT2D eigenvalue weighted by molar-refractivity contribution is 5.75. The minimum Gasteiger partial charge on any atom is -0.468 e. The predicted octanol–water partition coefficient (Wildman–Crippen LogP) is -0.419. The van der Waals surface area contributed by atoms with Gasteiger partial charge < -0.3 is 14.2 Å². The molecule has 0 amide bonds. The zero-order valence-electron chi connectivity index (χ0n) is 11.8. The van der Waals surface area contributed by atoms with Crippen LogP contribution in [0.2, 0.25) is 0 Å². The number of morpholine rings is 2. The summed E-state index contributed by atoms with van der Waals surface area (Å²) >= 11 is 0. The minimum absolute atomic E-state index is 0.166. The van der Waals surface area contributed by atoms with Gasteiger partial charge in [0.2, 0.25) is 0 Å². The number of rotatable bonds is 4. The third-order valence-corrected chi connectivity index (χ3v) is 3.82. The Hall–Kier alpha value is -0.690. The van der Waals surface area contributed by atoms with Gasteiger partial charge in [-0.3, -0.25) is 14.6 Å². The number of hydrogen-bond acceptors (Lipinski definition) is 6. The molecule has 19 heavy (non-hydrogen) atoms. The van der Waals surface area contributed by atoms with E-state index in [1.54, 1.807) is 0 Å². The van der Waals surface area contributed by atoms with Crippen LogP contribution in [0.5, 0.6) is 0 Å². The maximum absolute atomic E-state index is 11.7. The van der Waals surface area contributed by atoms with Gasteiger partial charge in [0.05, 0.1) is 33.0 Å². The van der Waals surface area contributed by atoms with Gasteiger partial charge in [-0.05, 0) is 6.54 Å². The zero-order chi connectivity index (χ0) is 13.7. The molecule has 2 aliphatic heterocycles. The third-order valence-electron chi connectivity index (χ3n) is 3.82. The van der Waals surface area contributed by atoms with E-state index in [2.05, 4.69) is 16.7 Å². The average Bonchev–Trinajstić information content (AvgIpc) is 2.47. The van der Waals surface area contributed by atoms with Crippen molar-refractivity contribution >= 4 is 5.97 Å². The first kappa shape index (κ1) is 14.7. The number of esters is 1. The van der Waals surface area contributed by atoms with E-state index in [9.17, 15) is 4.79 Å². The van der Waals surface area contributed by atoms with Gasteiger partial charge in [0, 0.05) is 26.2 Å². The topological polar surface area (TPSA) is 51.2 Å². The van der Waals surface area contributed by atoms with Crippen molar-refractivity contribution in [3.63, 3.8) is 0 Å². The number of nitrogens with zero attached hydrogens (tertiary/aromatic N) is 2. The van der Waals surface area contributed by atoms with Crippen LogP contribution in [0.3, 0.4) is 0 Å². The highest BCUT2D eigenvalue weighted by Gasteiger charge is 2.33. The second-order valence-corrected chi connectivity index (χ2v) is 4.99. The van der Waals surface area contributed by atoms with Crippen molar-refractivity contribution in [1.29, 1.82) is 0 Å². The van der Waals surface area contributed by atoms with E-state index in [1.165, 1.54) is 7.11 Å². The number of hydrogen-bond donors (Lipinski definition) is 0. The van der Waals surface area contributed by atoms with E-state index in [-0.39, 0.29) is 18.1 Å². The predicted molar refractivity (Wildman–Crippen MR) is 70.1 cm³/mol. The van der Waals surface area contributed by atoms with Crippen LogP contribution in [0.4, 0.5) is 0 Å². The quantitative estimate of drug-likeness (QED) is 0.648. The Kier molecular flexibility index (Phi) is 5.57.